The summed E-state index contributed by atoms with van der Waals surface area (Å²) in [5.74, 6) is 0.00812. The van der Waals surface area contributed by atoms with Gasteiger partial charge in [0, 0.05) is 19.6 Å². The molecule has 1 N–H and O–H groups in total. The second kappa shape index (κ2) is 7.90. The molecule has 0 saturated carbocycles. The van der Waals surface area contributed by atoms with Crippen LogP contribution in [0.4, 0.5) is 9.18 Å². The highest BCUT2D eigenvalue weighted by atomic mass is 32.2. The standard InChI is InChI=1S/C18H21FN4O2S/c1-12(2)10-23-15(13-3-5-14(19)6-4-13)9-21-18(23)26-11-16(24)22-8-7-20-17(22)25/h3-6,9,12H,7-8,10-11H2,1-2H3,(H,20,25). The third-order valence-corrected chi connectivity index (χ3v) is 4.96. The molecule has 2 heterocycles. The molecule has 138 valence electrons. The average Bonchev–Trinajstić information content (AvgIpc) is 3.19. The summed E-state index contributed by atoms with van der Waals surface area (Å²) in [6.45, 7) is 5.82. The monoisotopic (exact) mass is 376 g/mol. The maximum Gasteiger partial charge on any atom is 0.324 e. The van der Waals surface area contributed by atoms with Gasteiger partial charge >= 0.3 is 6.03 Å². The van der Waals surface area contributed by atoms with Gasteiger partial charge in [0.25, 0.3) is 0 Å². The van der Waals surface area contributed by atoms with Gasteiger partial charge in [0.15, 0.2) is 5.16 Å². The molecule has 1 saturated heterocycles. The fourth-order valence-electron chi connectivity index (χ4n) is 2.78. The summed E-state index contributed by atoms with van der Waals surface area (Å²) >= 11 is 1.31. The van der Waals surface area contributed by atoms with Crippen LogP contribution in [0.2, 0.25) is 0 Å². The van der Waals surface area contributed by atoms with Crippen molar-refractivity contribution in [1.82, 2.24) is 19.8 Å². The smallest absolute Gasteiger partial charge is 0.324 e. The zero-order valence-electron chi connectivity index (χ0n) is 14.7. The molecule has 1 aliphatic heterocycles. The van der Waals surface area contributed by atoms with E-state index in [4.69, 9.17) is 0 Å². The molecule has 1 fully saturated rings. The molecule has 0 bridgehead atoms. The number of hydrogen-bond donors (Lipinski definition) is 1. The van der Waals surface area contributed by atoms with Crippen molar-refractivity contribution >= 4 is 23.7 Å². The molecule has 1 aromatic heterocycles. The Balaban J connectivity index is 1.79. The van der Waals surface area contributed by atoms with E-state index in [1.807, 2.05) is 4.57 Å². The molecule has 3 amide bonds. The number of imidazole rings is 1. The highest BCUT2D eigenvalue weighted by Crippen LogP contribution is 2.27. The Morgan fingerprint density at radius 3 is 2.69 bits per heavy atom. The number of thioether (sulfide) groups is 1. The molecule has 2 aromatic rings. The van der Waals surface area contributed by atoms with E-state index < -0.39 is 0 Å². The van der Waals surface area contributed by atoms with Crippen LogP contribution in [0.3, 0.4) is 0 Å². The Labute approximate surface area is 155 Å². The summed E-state index contributed by atoms with van der Waals surface area (Å²) in [7, 11) is 0. The number of carbonyl (C=O) groups excluding carboxylic acids is 2. The number of imide groups is 1. The SMILES string of the molecule is CC(C)Cn1c(-c2ccc(F)cc2)cnc1SCC(=O)N1CCNC1=O. The van der Waals surface area contributed by atoms with Crippen LogP contribution in [0.5, 0.6) is 0 Å². The van der Waals surface area contributed by atoms with Gasteiger partial charge in [-0.05, 0) is 35.7 Å². The van der Waals surface area contributed by atoms with Gasteiger partial charge in [-0.15, -0.1) is 0 Å². The summed E-state index contributed by atoms with van der Waals surface area (Å²) in [4.78, 5) is 29.5. The van der Waals surface area contributed by atoms with E-state index >= 15 is 0 Å². The van der Waals surface area contributed by atoms with Crippen molar-refractivity contribution in [2.24, 2.45) is 5.92 Å². The van der Waals surface area contributed by atoms with Crippen molar-refractivity contribution < 1.29 is 14.0 Å². The Hall–Kier alpha value is -2.35. The summed E-state index contributed by atoms with van der Waals surface area (Å²) < 4.78 is 15.2. The third-order valence-electron chi connectivity index (χ3n) is 3.99. The van der Waals surface area contributed by atoms with E-state index in [0.717, 1.165) is 17.8 Å². The van der Waals surface area contributed by atoms with Gasteiger partial charge in [-0.2, -0.15) is 0 Å². The number of aromatic nitrogens is 2. The van der Waals surface area contributed by atoms with E-state index in [1.54, 1.807) is 18.3 Å². The molecule has 3 rings (SSSR count). The highest BCUT2D eigenvalue weighted by Gasteiger charge is 2.26. The van der Waals surface area contributed by atoms with Gasteiger partial charge < -0.3 is 9.88 Å². The molecule has 8 heteroatoms. The maximum atomic E-state index is 13.2. The first-order valence-corrected chi connectivity index (χ1v) is 9.46. The van der Waals surface area contributed by atoms with E-state index in [-0.39, 0.29) is 23.5 Å². The number of urea groups is 1. The topological polar surface area (TPSA) is 67.2 Å². The van der Waals surface area contributed by atoms with Gasteiger partial charge in [0.1, 0.15) is 5.82 Å². The van der Waals surface area contributed by atoms with Crippen LogP contribution in [0.1, 0.15) is 13.8 Å². The second-order valence-electron chi connectivity index (χ2n) is 6.50. The fraction of sp³-hybridized carbons (Fsp3) is 0.389. The minimum Gasteiger partial charge on any atom is -0.336 e. The molecular formula is C18H21FN4O2S. The van der Waals surface area contributed by atoms with Gasteiger partial charge in [-0.3, -0.25) is 9.69 Å². The summed E-state index contributed by atoms with van der Waals surface area (Å²) in [6.07, 6.45) is 1.74. The van der Waals surface area contributed by atoms with E-state index in [1.165, 1.54) is 28.8 Å². The molecule has 0 spiro atoms. The van der Waals surface area contributed by atoms with Crippen LogP contribution in [0.15, 0.2) is 35.6 Å². The van der Waals surface area contributed by atoms with Crippen LogP contribution < -0.4 is 5.32 Å². The molecule has 6 nitrogen and oxygen atoms in total. The number of carbonyl (C=O) groups is 2. The Kier molecular flexibility index (Phi) is 5.61. The Bertz CT molecular complexity index is 804. The fourth-order valence-corrected chi connectivity index (χ4v) is 3.64. The maximum absolute atomic E-state index is 13.2. The first-order valence-electron chi connectivity index (χ1n) is 8.48. The van der Waals surface area contributed by atoms with Crippen molar-refractivity contribution in [2.75, 3.05) is 18.8 Å². The van der Waals surface area contributed by atoms with Crippen LogP contribution in [0, 0.1) is 11.7 Å². The van der Waals surface area contributed by atoms with E-state index in [2.05, 4.69) is 24.1 Å². The van der Waals surface area contributed by atoms with Gasteiger partial charge in [0.05, 0.1) is 17.6 Å². The lowest BCUT2D eigenvalue weighted by Crippen LogP contribution is -2.35. The van der Waals surface area contributed by atoms with Crippen molar-refractivity contribution in [3.63, 3.8) is 0 Å². The molecule has 0 unspecified atom stereocenters. The number of amides is 3. The van der Waals surface area contributed by atoms with Crippen molar-refractivity contribution in [2.45, 2.75) is 25.5 Å². The number of nitrogens with one attached hydrogen (secondary N) is 1. The number of hydrogen-bond acceptors (Lipinski definition) is 4. The van der Waals surface area contributed by atoms with E-state index in [0.29, 0.717) is 24.2 Å². The summed E-state index contributed by atoms with van der Waals surface area (Å²) in [5.41, 5.74) is 1.75. The van der Waals surface area contributed by atoms with Crippen LogP contribution >= 0.6 is 11.8 Å². The lowest BCUT2D eigenvalue weighted by molar-refractivity contribution is -0.124. The highest BCUT2D eigenvalue weighted by molar-refractivity contribution is 7.99. The minimum atomic E-state index is -0.340. The molecule has 1 aliphatic rings. The zero-order valence-corrected chi connectivity index (χ0v) is 15.6. The number of nitrogens with zero attached hydrogens (tertiary/aromatic N) is 3. The number of benzene rings is 1. The van der Waals surface area contributed by atoms with Crippen LogP contribution in [-0.4, -0.2) is 45.2 Å². The molecule has 0 radical (unpaired) electrons. The number of rotatable bonds is 6. The predicted octanol–water partition coefficient (Wildman–Crippen LogP) is 2.99. The largest absolute Gasteiger partial charge is 0.336 e. The Morgan fingerprint density at radius 1 is 1.35 bits per heavy atom. The third kappa shape index (κ3) is 4.07. The summed E-state index contributed by atoms with van der Waals surface area (Å²) in [6, 6.07) is 5.94. The second-order valence-corrected chi connectivity index (χ2v) is 7.45. The predicted molar refractivity (Wildman–Crippen MR) is 98.3 cm³/mol. The molecule has 26 heavy (non-hydrogen) atoms. The average molecular weight is 376 g/mol. The van der Waals surface area contributed by atoms with Gasteiger partial charge in [-0.1, -0.05) is 25.6 Å². The molecule has 0 aliphatic carbocycles. The lowest BCUT2D eigenvalue weighted by atomic mass is 10.1. The first kappa shape index (κ1) is 18.4. The first-order chi connectivity index (χ1) is 12.5. The van der Waals surface area contributed by atoms with Crippen molar-refractivity contribution in [1.29, 1.82) is 0 Å². The summed E-state index contributed by atoms with van der Waals surface area (Å²) in [5, 5.41) is 3.34. The van der Waals surface area contributed by atoms with Crippen LogP contribution in [0.25, 0.3) is 11.3 Å². The van der Waals surface area contributed by atoms with Gasteiger partial charge in [0.2, 0.25) is 5.91 Å². The van der Waals surface area contributed by atoms with Gasteiger partial charge in [-0.25, -0.2) is 14.2 Å². The molecule has 0 atom stereocenters. The lowest BCUT2D eigenvalue weighted by Gasteiger charge is -2.15. The van der Waals surface area contributed by atoms with Crippen molar-refractivity contribution in [3.8, 4) is 11.3 Å². The van der Waals surface area contributed by atoms with Crippen molar-refractivity contribution in [3.05, 3.63) is 36.3 Å². The zero-order chi connectivity index (χ0) is 18.7. The normalized spacial score (nSPS) is 14.2. The quantitative estimate of drug-likeness (QED) is 0.787. The Morgan fingerprint density at radius 2 is 2.08 bits per heavy atom. The molecular weight excluding hydrogens is 355 g/mol. The molecule has 1 aromatic carbocycles. The minimum absolute atomic E-state index is 0.144. The van der Waals surface area contributed by atoms with E-state index in [9.17, 15) is 14.0 Å². The number of halogens is 1. The van der Waals surface area contributed by atoms with Crippen LogP contribution in [-0.2, 0) is 11.3 Å².